The minimum atomic E-state index is -2.52. The van der Waals surface area contributed by atoms with Crippen LogP contribution in [0.2, 0.25) is 5.02 Å². The van der Waals surface area contributed by atoms with Crippen molar-refractivity contribution >= 4 is 33.8 Å². The summed E-state index contributed by atoms with van der Waals surface area (Å²) in [5.74, 6) is -0.365. The molecule has 0 aliphatic heterocycles. The van der Waals surface area contributed by atoms with Crippen LogP contribution in [0.5, 0.6) is 11.5 Å². The fraction of sp³-hybridized carbons (Fsp3) is 0.316. The Balaban J connectivity index is 2.46. The van der Waals surface area contributed by atoms with E-state index in [2.05, 4.69) is 0 Å². The third kappa shape index (κ3) is 4.82. The van der Waals surface area contributed by atoms with Gasteiger partial charge in [-0.3, -0.25) is 0 Å². The zero-order valence-corrected chi connectivity index (χ0v) is 17.5. The lowest BCUT2D eigenvalue weighted by Gasteiger charge is -2.13. The number of carbonyl (C=O) groups is 1. The summed E-state index contributed by atoms with van der Waals surface area (Å²) in [6.45, 7) is 5.31. The molecule has 0 heterocycles. The van der Waals surface area contributed by atoms with E-state index in [1.807, 2.05) is 0 Å². The molecule has 0 aliphatic rings. The molecular weight excluding hydrogens is 406 g/mol. The van der Waals surface area contributed by atoms with Gasteiger partial charge in [0.05, 0.1) is 17.7 Å². The van der Waals surface area contributed by atoms with Gasteiger partial charge in [0.15, 0.2) is 11.8 Å². The standard InChI is InChI=1S/C19H20ClNO6S/c1-11(2)21(28(24)25)16-9-15(20)12(3)7-18(16)27-10-14-6-5-13(19(22)23)8-17(14)26-4/h5-9,11H,10H2,1-4H3/p+1. The predicted molar refractivity (Wildman–Crippen MR) is 104 cm³/mol. The van der Waals surface area contributed by atoms with Crippen molar-refractivity contribution in [2.45, 2.75) is 33.4 Å². The fourth-order valence-electron chi connectivity index (χ4n) is 2.62. The zero-order valence-electron chi connectivity index (χ0n) is 15.9. The summed E-state index contributed by atoms with van der Waals surface area (Å²) in [6, 6.07) is 7.32. The van der Waals surface area contributed by atoms with Crippen LogP contribution in [0.4, 0.5) is 5.69 Å². The first-order valence-electron chi connectivity index (χ1n) is 8.37. The van der Waals surface area contributed by atoms with Gasteiger partial charge < -0.3 is 14.6 Å². The summed E-state index contributed by atoms with van der Waals surface area (Å²) in [4.78, 5) is 11.1. The highest BCUT2D eigenvalue weighted by Crippen LogP contribution is 2.35. The maximum Gasteiger partial charge on any atom is 0.465 e. The second kappa shape index (κ2) is 9.07. The molecule has 2 aromatic rings. The molecule has 0 spiro atoms. The number of carboxylic acid groups (broad SMARTS) is 1. The van der Waals surface area contributed by atoms with Crippen molar-refractivity contribution in [1.29, 1.82) is 0 Å². The van der Waals surface area contributed by atoms with Gasteiger partial charge in [-0.05, 0) is 44.5 Å². The Kier molecular flexibility index (Phi) is 7.04. The van der Waals surface area contributed by atoms with Gasteiger partial charge in [0.1, 0.15) is 12.4 Å². The van der Waals surface area contributed by atoms with E-state index < -0.39 is 16.5 Å². The second-order valence-electron chi connectivity index (χ2n) is 6.33. The molecule has 0 fully saturated rings. The van der Waals surface area contributed by atoms with Gasteiger partial charge in [0, 0.05) is 11.6 Å². The van der Waals surface area contributed by atoms with Crippen LogP contribution in [0, 0.1) is 6.92 Å². The average Bonchev–Trinajstić information content (AvgIpc) is 2.62. The molecule has 0 saturated heterocycles. The number of carboxylic acids is 1. The molecule has 7 nitrogen and oxygen atoms in total. The molecule has 0 bridgehead atoms. The highest BCUT2D eigenvalue weighted by atomic mass is 35.5. The van der Waals surface area contributed by atoms with Crippen LogP contribution >= 0.6 is 11.6 Å². The molecule has 1 N–H and O–H groups in total. The summed E-state index contributed by atoms with van der Waals surface area (Å²) in [7, 11) is -1.08. The van der Waals surface area contributed by atoms with Gasteiger partial charge in [0.25, 0.3) is 5.69 Å². The maximum absolute atomic E-state index is 11.7. The van der Waals surface area contributed by atoms with Crippen LogP contribution in [-0.4, -0.2) is 36.6 Å². The van der Waals surface area contributed by atoms with Crippen molar-refractivity contribution in [2.75, 3.05) is 7.11 Å². The first kappa shape index (κ1) is 21.7. The molecule has 0 radical (unpaired) electrons. The Bertz CT molecular complexity index is 1040. The Morgan fingerprint density at radius 1 is 1.21 bits per heavy atom. The monoisotopic (exact) mass is 426 g/mol. The Labute approximate surface area is 169 Å². The van der Waals surface area contributed by atoms with Gasteiger partial charge in [-0.2, -0.15) is 0 Å². The van der Waals surface area contributed by atoms with E-state index in [-0.39, 0.29) is 18.2 Å². The Morgan fingerprint density at radius 2 is 1.89 bits per heavy atom. The molecule has 0 atom stereocenters. The van der Waals surface area contributed by atoms with E-state index >= 15 is 0 Å². The molecule has 0 saturated carbocycles. The molecule has 2 rings (SSSR count). The van der Waals surface area contributed by atoms with Crippen molar-refractivity contribution in [3.8, 4) is 11.5 Å². The van der Waals surface area contributed by atoms with Crippen LogP contribution in [0.15, 0.2) is 30.3 Å². The Hall–Kier alpha value is -2.58. The smallest absolute Gasteiger partial charge is 0.465 e. The van der Waals surface area contributed by atoms with Crippen molar-refractivity contribution in [3.05, 3.63) is 52.0 Å². The number of benzene rings is 2. The van der Waals surface area contributed by atoms with E-state index in [1.54, 1.807) is 39.0 Å². The lowest BCUT2D eigenvalue weighted by atomic mass is 10.1. The molecular formula is C19H21ClNO6S+. The molecule has 0 unspecified atom stereocenters. The van der Waals surface area contributed by atoms with E-state index in [1.165, 1.54) is 23.2 Å². The number of aryl methyl sites for hydroxylation is 1. The van der Waals surface area contributed by atoms with Gasteiger partial charge in [-0.15, -0.1) is 8.42 Å². The van der Waals surface area contributed by atoms with Crippen molar-refractivity contribution < 1.29 is 31.7 Å². The van der Waals surface area contributed by atoms with E-state index in [4.69, 9.17) is 26.2 Å². The lowest BCUT2D eigenvalue weighted by Crippen LogP contribution is -2.15. The van der Waals surface area contributed by atoms with Crippen LogP contribution in [-0.2, 0) is 17.1 Å². The van der Waals surface area contributed by atoms with Crippen LogP contribution in [0.3, 0.4) is 0 Å². The van der Waals surface area contributed by atoms with Gasteiger partial charge in [-0.25, -0.2) is 4.79 Å². The first-order valence-corrected chi connectivity index (χ1v) is 9.78. The average molecular weight is 427 g/mol. The molecule has 0 aliphatic carbocycles. The number of hydrogen-bond acceptors (Lipinski definition) is 5. The molecule has 2 aromatic carbocycles. The van der Waals surface area contributed by atoms with E-state index in [0.29, 0.717) is 27.8 Å². The normalized spacial score (nSPS) is 10.6. The third-order valence-corrected chi connectivity index (χ3v) is 5.37. The van der Waals surface area contributed by atoms with Crippen LogP contribution in [0.25, 0.3) is 0 Å². The predicted octanol–water partition coefficient (Wildman–Crippen LogP) is 4.05. The molecule has 150 valence electrons. The number of rotatable bonds is 7. The molecule has 9 heteroatoms. The zero-order chi connectivity index (χ0) is 21.0. The number of aromatic carboxylic acids is 1. The highest BCUT2D eigenvalue weighted by molar-refractivity contribution is 7.59. The Morgan fingerprint density at radius 3 is 2.43 bits per heavy atom. The lowest BCUT2D eigenvalue weighted by molar-refractivity contribution is -0.451. The summed E-state index contributed by atoms with van der Waals surface area (Å²) < 4.78 is 35.7. The molecule has 28 heavy (non-hydrogen) atoms. The number of nitrogens with zero attached hydrogens (tertiary/aromatic N) is 1. The minimum Gasteiger partial charge on any atom is -0.496 e. The van der Waals surface area contributed by atoms with Crippen LogP contribution in [0.1, 0.15) is 35.3 Å². The summed E-state index contributed by atoms with van der Waals surface area (Å²) >= 11 is 6.19. The highest BCUT2D eigenvalue weighted by Gasteiger charge is 2.25. The summed E-state index contributed by atoms with van der Waals surface area (Å²) in [5, 5.41) is 9.52. The van der Waals surface area contributed by atoms with E-state index in [9.17, 15) is 13.2 Å². The first-order chi connectivity index (χ1) is 13.1. The number of hydrogen-bond donors (Lipinski definition) is 1. The van der Waals surface area contributed by atoms with Gasteiger partial charge >= 0.3 is 16.5 Å². The number of ether oxygens (including phenoxy) is 2. The molecule has 0 aromatic heterocycles. The number of methoxy groups -OCH3 is 1. The van der Waals surface area contributed by atoms with Gasteiger partial charge in [0.2, 0.25) is 0 Å². The largest absolute Gasteiger partial charge is 0.496 e. The summed E-state index contributed by atoms with van der Waals surface area (Å²) in [5.41, 5.74) is 1.76. The quantitative estimate of drug-likeness (QED) is 0.671. The number of halogens is 1. The van der Waals surface area contributed by atoms with Crippen LogP contribution < -0.4 is 9.47 Å². The second-order valence-corrected chi connectivity index (χ2v) is 7.56. The SMILES string of the molecule is COc1cc(C(=O)O)ccc1COc1cc(C)c(Cl)cc1[N+](C(C)C)=S(=O)=O. The van der Waals surface area contributed by atoms with Crippen molar-refractivity contribution in [2.24, 2.45) is 0 Å². The van der Waals surface area contributed by atoms with Gasteiger partial charge in [-0.1, -0.05) is 21.6 Å². The van der Waals surface area contributed by atoms with Crippen molar-refractivity contribution in [1.82, 2.24) is 0 Å². The summed E-state index contributed by atoms with van der Waals surface area (Å²) in [6.07, 6.45) is 0. The topological polar surface area (TPSA) is 92.9 Å². The minimum absolute atomic E-state index is 0.0502. The molecule has 0 amide bonds. The fourth-order valence-corrected chi connectivity index (χ4v) is 3.42. The maximum atomic E-state index is 11.7. The van der Waals surface area contributed by atoms with E-state index in [0.717, 1.165) is 5.56 Å². The van der Waals surface area contributed by atoms with Crippen molar-refractivity contribution in [3.63, 3.8) is 0 Å². The third-order valence-electron chi connectivity index (χ3n) is 4.02.